The second-order valence-electron chi connectivity index (χ2n) is 10.7. The number of rotatable bonds is 8. The molecule has 1 unspecified atom stereocenters. The van der Waals surface area contributed by atoms with E-state index in [0.717, 1.165) is 16.0 Å². The van der Waals surface area contributed by atoms with Gasteiger partial charge in [-0.1, -0.05) is 30.3 Å². The van der Waals surface area contributed by atoms with E-state index in [0.29, 0.717) is 11.1 Å². The van der Waals surface area contributed by atoms with Crippen LogP contribution in [-0.2, 0) is 25.3 Å². The molecule has 3 aromatic rings. The number of alkyl halides is 2. The van der Waals surface area contributed by atoms with Crippen LogP contribution in [0.5, 0.6) is 0 Å². The first-order chi connectivity index (χ1) is 20.2. The first kappa shape index (κ1) is 30.3. The highest BCUT2D eigenvalue weighted by Gasteiger charge is 2.45. The number of hydrogen-bond donors (Lipinski definition) is 4. The van der Waals surface area contributed by atoms with Crippen LogP contribution in [0.15, 0.2) is 53.9 Å². The molecule has 0 radical (unpaired) electrons. The van der Waals surface area contributed by atoms with Crippen molar-refractivity contribution < 1.29 is 31.6 Å². The summed E-state index contributed by atoms with van der Waals surface area (Å²) in [6, 6.07) is 9.91. The molecule has 1 aromatic heterocycles. The van der Waals surface area contributed by atoms with E-state index >= 15 is 0 Å². The predicted molar refractivity (Wildman–Crippen MR) is 158 cm³/mol. The highest BCUT2D eigenvalue weighted by Crippen LogP contribution is 2.50. The third-order valence-electron chi connectivity index (χ3n) is 7.78. The minimum atomic E-state index is -3.59. The molecule has 1 fully saturated rings. The van der Waals surface area contributed by atoms with Gasteiger partial charge in [0.1, 0.15) is 11.9 Å². The van der Waals surface area contributed by atoms with Gasteiger partial charge in [0.05, 0.1) is 17.8 Å². The summed E-state index contributed by atoms with van der Waals surface area (Å²) in [7, 11) is -3.59. The molecule has 0 spiro atoms. The number of halogens is 2. The quantitative estimate of drug-likeness (QED) is 0.221. The first-order valence-corrected chi connectivity index (χ1v) is 16.1. The number of likely N-dealkylation sites (tertiary alicyclic amines) is 1. The Morgan fingerprint density at radius 3 is 2.49 bits per heavy atom. The first-order valence-electron chi connectivity index (χ1n) is 13.3. The fourth-order valence-corrected chi connectivity index (χ4v) is 7.29. The van der Waals surface area contributed by atoms with Crippen molar-refractivity contribution >= 4 is 44.7 Å². The molecule has 14 heteroatoms. The zero-order valence-electron chi connectivity index (χ0n) is 23.2. The number of amides is 3. The van der Waals surface area contributed by atoms with E-state index < -0.39 is 57.4 Å². The van der Waals surface area contributed by atoms with Gasteiger partial charge >= 0.3 is 0 Å². The summed E-state index contributed by atoms with van der Waals surface area (Å²) in [6.07, 6.45) is 0.925. The average Bonchev–Trinajstić information content (AvgIpc) is 3.68. The molecule has 2 aliphatic rings. The highest BCUT2D eigenvalue weighted by atomic mass is 32.2. The van der Waals surface area contributed by atoms with Crippen molar-refractivity contribution in [2.75, 3.05) is 19.3 Å². The van der Waals surface area contributed by atoms with E-state index in [2.05, 4.69) is 10.6 Å². The van der Waals surface area contributed by atoms with Crippen molar-refractivity contribution in [3.63, 3.8) is 0 Å². The number of nitrogen functional groups attached to an aromatic ring is 1. The molecule has 5 N–H and O–H groups in total. The molecule has 1 aliphatic heterocycles. The van der Waals surface area contributed by atoms with Gasteiger partial charge in [0.25, 0.3) is 11.8 Å². The van der Waals surface area contributed by atoms with Gasteiger partial charge in [0, 0.05) is 45.3 Å². The lowest BCUT2D eigenvalue weighted by atomic mass is 10.0. The number of nitrogens with one attached hydrogen (secondary N) is 3. The van der Waals surface area contributed by atoms with E-state index in [4.69, 9.17) is 11.1 Å². The summed E-state index contributed by atoms with van der Waals surface area (Å²) in [4.78, 5) is 41.3. The van der Waals surface area contributed by atoms with E-state index in [-0.39, 0.29) is 41.1 Å². The number of benzene rings is 2. The monoisotopic (exact) mass is 629 g/mol. The van der Waals surface area contributed by atoms with Crippen molar-refractivity contribution in [3.05, 3.63) is 81.0 Å². The zero-order chi connectivity index (χ0) is 31.3. The molecule has 0 saturated carbocycles. The third-order valence-corrected chi connectivity index (χ3v) is 10.5. The lowest BCUT2D eigenvalue weighted by Crippen LogP contribution is -2.49. The van der Waals surface area contributed by atoms with Gasteiger partial charge in [-0.05, 0) is 42.7 Å². The number of amidine groups is 1. The second-order valence-corrected chi connectivity index (χ2v) is 14.0. The molecule has 2 aromatic carbocycles. The van der Waals surface area contributed by atoms with Gasteiger partial charge in [-0.15, -0.1) is 11.3 Å². The zero-order valence-corrected chi connectivity index (χ0v) is 24.8. The second kappa shape index (κ2) is 11.2. The SMILES string of the molecule is CC(NC(=O)[C@@H]1C[C@@H](S(C)(=O)=O)CN1C(=O)CNC(=O)c1ccc2c(c1)-c1ccccc1C2(F)F)c1cc(C(=N)N)cs1. The maximum absolute atomic E-state index is 14.9. The summed E-state index contributed by atoms with van der Waals surface area (Å²) >= 11 is 1.29. The van der Waals surface area contributed by atoms with E-state index in [1.165, 1.54) is 41.7 Å². The third kappa shape index (κ3) is 5.76. The van der Waals surface area contributed by atoms with Gasteiger partial charge in [-0.3, -0.25) is 19.8 Å². The Morgan fingerprint density at radius 2 is 1.81 bits per heavy atom. The van der Waals surface area contributed by atoms with Crippen LogP contribution in [0, 0.1) is 5.41 Å². The summed E-state index contributed by atoms with van der Waals surface area (Å²) in [5.74, 6) is -5.23. The molecular formula is C29H29F2N5O5S2. The molecule has 226 valence electrons. The largest absolute Gasteiger partial charge is 0.384 e. The maximum atomic E-state index is 14.9. The van der Waals surface area contributed by atoms with Gasteiger partial charge in [0.2, 0.25) is 11.8 Å². The molecule has 0 bridgehead atoms. The molecule has 43 heavy (non-hydrogen) atoms. The molecule has 5 rings (SSSR count). The Labute approximate surface area is 250 Å². The number of nitrogens with two attached hydrogens (primary N) is 1. The Bertz CT molecular complexity index is 1760. The maximum Gasteiger partial charge on any atom is 0.299 e. The Morgan fingerprint density at radius 1 is 1.12 bits per heavy atom. The van der Waals surface area contributed by atoms with Gasteiger partial charge < -0.3 is 21.3 Å². The van der Waals surface area contributed by atoms with Crippen LogP contribution in [0.2, 0.25) is 0 Å². The average molecular weight is 630 g/mol. The number of thiophene rings is 1. The standard InChI is InChI=1S/C29H29F2N5O5S2/c1-15(24-10-17(14-42-24)26(32)33)35-28(39)23-11-18(43(2,40)41)13-36(23)25(37)12-34-27(38)16-7-8-22-20(9-16)19-5-3-4-6-21(19)29(22,30)31/h3-10,14-15,18,23H,11-13H2,1-2H3,(H3,32,33)(H,34,38)(H,35,39)/t15?,18-,23+/m1/s1. The minimum Gasteiger partial charge on any atom is -0.384 e. The smallest absolute Gasteiger partial charge is 0.299 e. The van der Waals surface area contributed by atoms with E-state index in [1.54, 1.807) is 30.5 Å². The Balaban J connectivity index is 1.29. The van der Waals surface area contributed by atoms with E-state index in [9.17, 15) is 31.6 Å². The fraction of sp³-hybridized carbons (Fsp3) is 0.310. The molecule has 3 amide bonds. The van der Waals surface area contributed by atoms with Gasteiger partial charge in [0.15, 0.2) is 9.84 Å². The number of nitrogens with zero attached hydrogens (tertiary/aromatic N) is 1. The molecule has 1 aliphatic carbocycles. The van der Waals surface area contributed by atoms with Crippen LogP contribution in [0.4, 0.5) is 8.78 Å². The van der Waals surface area contributed by atoms with Crippen molar-refractivity contribution in [3.8, 4) is 11.1 Å². The summed E-state index contributed by atoms with van der Waals surface area (Å²) < 4.78 is 54.4. The van der Waals surface area contributed by atoms with Crippen molar-refractivity contribution in [2.24, 2.45) is 5.73 Å². The highest BCUT2D eigenvalue weighted by molar-refractivity contribution is 7.91. The topological polar surface area (TPSA) is 163 Å². The van der Waals surface area contributed by atoms with Crippen LogP contribution in [-0.4, -0.2) is 67.5 Å². The normalized spacial score (nSPS) is 19.3. The van der Waals surface area contributed by atoms with Crippen molar-refractivity contribution in [2.45, 2.75) is 36.6 Å². The predicted octanol–water partition coefficient (Wildman–Crippen LogP) is 2.77. The molecule has 3 atom stereocenters. The lowest BCUT2D eigenvalue weighted by Gasteiger charge is -2.25. The van der Waals surface area contributed by atoms with Gasteiger partial charge in [-0.25, -0.2) is 8.42 Å². The van der Waals surface area contributed by atoms with E-state index in [1.807, 2.05) is 0 Å². The number of hydrogen-bond acceptors (Lipinski definition) is 7. The molecule has 2 heterocycles. The van der Waals surface area contributed by atoms with Crippen LogP contribution in [0.1, 0.15) is 51.3 Å². The number of carbonyl (C=O) groups is 3. The van der Waals surface area contributed by atoms with Crippen LogP contribution >= 0.6 is 11.3 Å². The number of carbonyl (C=O) groups excluding carboxylic acids is 3. The number of sulfone groups is 1. The Hall–Kier alpha value is -4.17. The van der Waals surface area contributed by atoms with Gasteiger partial charge in [-0.2, -0.15) is 8.78 Å². The van der Waals surface area contributed by atoms with Crippen LogP contribution < -0.4 is 16.4 Å². The summed E-state index contributed by atoms with van der Waals surface area (Å²) in [5.41, 5.74) is 6.27. The summed E-state index contributed by atoms with van der Waals surface area (Å²) in [6.45, 7) is 0.956. The summed E-state index contributed by atoms with van der Waals surface area (Å²) in [5, 5.41) is 13.5. The minimum absolute atomic E-state index is 0.0680. The van der Waals surface area contributed by atoms with Crippen LogP contribution in [0.3, 0.4) is 0 Å². The molecule has 1 saturated heterocycles. The lowest BCUT2D eigenvalue weighted by molar-refractivity contribution is -0.137. The van der Waals surface area contributed by atoms with Crippen molar-refractivity contribution in [1.82, 2.24) is 15.5 Å². The number of fused-ring (bicyclic) bond motifs is 3. The van der Waals surface area contributed by atoms with Crippen molar-refractivity contribution in [1.29, 1.82) is 5.41 Å². The fourth-order valence-electron chi connectivity index (χ4n) is 5.41. The Kier molecular flexibility index (Phi) is 7.86. The molecule has 10 nitrogen and oxygen atoms in total. The molecular weight excluding hydrogens is 600 g/mol. The van der Waals surface area contributed by atoms with Crippen LogP contribution in [0.25, 0.3) is 11.1 Å².